The van der Waals surface area contributed by atoms with Crippen molar-refractivity contribution in [3.8, 4) is 0 Å². The van der Waals surface area contributed by atoms with Gasteiger partial charge in [-0.1, -0.05) is 0 Å². The Kier molecular flexibility index (Phi) is 3.13. The molecule has 0 unspecified atom stereocenters. The molecule has 0 saturated carbocycles. The standard InChI is InChI=1S/C12H17N5O2/c1-7-5-8(15-11(13-4)14-7)17-6-9(18)16-10(19)12(17,2)3/h5H,6H2,1-4H3,(H,13,14,15)(H,16,18,19). The van der Waals surface area contributed by atoms with Crippen molar-refractivity contribution in [1.29, 1.82) is 0 Å². The molecule has 1 aliphatic rings. The number of hydrogen-bond donors (Lipinski definition) is 2. The molecule has 0 aliphatic carbocycles. The topological polar surface area (TPSA) is 87.2 Å². The van der Waals surface area contributed by atoms with Crippen molar-refractivity contribution >= 4 is 23.6 Å². The summed E-state index contributed by atoms with van der Waals surface area (Å²) in [6, 6.07) is 1.76. The maximum atomic E-state index is 11.9. The summed E-state index contributed by atoms with van der Waals surface area (Å²) in [6.45, 7) is 5.44. The average molecular weight is 263 g/mol. The monoisotopic (exact) mass is 263 g/mol. The molecular formula is C12H17N5O2. The zero-order valence-corrected chi connectivity index (χ0v) is 11.4. The number of rotatable bonds is 2. The van der Waals surface area contributed by atoms with E-state index in [-0.39, 0.29) is 18.4 Å². The third-order valence-electron chi connectivity index (χ3n) is 3.13. The molecule has 19 heavy (non-hydrogen) atoms. The quantitative estimate of drug-likeness (QED) is 0.734. The normalized spacial score (nSPS) is 18.2. The number of nitrogens with one attached hydrogen (secondary N) is 2. The zero-order valence-electron chi connectivity index (χ0n) is 11.4. The lowest BCUT2D eigenvalue weighted by molar-refractivity contribution is -0.135. The SMILES string of the molecule is CNc1nc(C)cc(N2CC(=O)NC(=O)C2(C)C)n1. The maximum Gasteiger partial charge on any atom is 0.251 e. The Labute approximate surface area is 111 Å². The minimum absolute atomic E-state index is 0.0956. The second-order valence-corrected chi connectivity index (χ2v) is 4.96. The smallest absolute Gasteiger partial charge is 0.251 e. The van der Waals surface area contributed by atoms with E-state index in [0.29, 0.717) is 11.8 Å². The summed E-state index contributed by atoms with van der Waals surface area (Å²) in [5, 5.41) is 5.20. The van der Waals surface area contributed by atoms with Crippen molar-refractivity contribution in [3.05, 3.63) is 11.8 Å². The molecule has 1 saturated heterocycles. The first-order valence-corrected chi connectivity index (χ1v) is 6.00. The second-order valence-electron chi connectivity index (χ2n) is 4.96. The van der Waals surface area contributed by atoms with Crippen LogP contribution >= 0.6 is 0 Å². The molecular weight excluding hydrogens is 246 g/mol. The van der Waals surface area contributed by atoms with Crippen molar-refractivity contribution in [2.24, 2.45) is 0 Å². The van der Waals surface area contributed by atoms with Crippen LogP contribution in [-0.4, -0.2) is 40.9 Å². The third-order valence-corrected chi connectivity index (χ3v) is 3.13. The van der Waals surface area contributed by atoms with Gasteiger partial charge in [0, 0.05) is 18.8 Å². The molecule has 1 aromatic heterocycles. The Bertz CT molecular complexity index is 541. The van der Waals surface area contributed by atoms with Gasteiger partial charge in [0.15, 0.2) is 0 Å². The lowest BCUT2D eigenvalue weighted by Gasteiger charge is -2.41. The first-order valence-electron chi connectivity index (χ1n) is 6.00. The molecule has 7 nitrogen and oxygen atoms in total. The van der Waals surface area contributed by atoms with Gasteiger partial charge in [-0.2, -0.15) is 4.98 Å². The highest BCUT2D eigenvalue weighted by Gasteiger charge is 2.41. The predicted molar refractivity (Wildman–Crippen MR) is 70.9 cm³/mol. The van der Waals surface area contributed by atoms with E-state index in [0.717, 1.165) is 5.69 Å². The second kappa shape index (κ2) is 4.49. The molecule has 7 heteroatoms. The summed E-state index contributed by atoms with van der Waals surface area (Å²) in [7, 11) is 1.72. The summed E-state index contributed by atoms with van der Waals surface area (Å²) >= 11 is 0. The number of aromatic nitrogens is 2. The summed E-state index contributed by atoms with van der Waals surface area (Å²) in [5.74, 6) is 0.368. The molecule has 1 aromatic rings. The number of carbonyl (C=O) groups excluding carboxylic acids is 2. The molecule has 0 bridgehead atoms. The number of anilines is 2. The maximum absolute atomic E-state index is 11.9. The highest BCUT2D eigenvalue weighted by Crippen LogP contribution is 2.25. The molecule has 2 amide bonds. The number of imide groups is 1. The van der Waals surface area contributed by atoms with Crippen LogP contribution < -0.4 is 15.5 Å². The van der Waals surface area contributed by atoms with E-state index in [2.05, 4.69) is 20.6 Å². The molecule has 1 aliphatic heterocycles. The van der Waals surface area contributed by atoms with Gasteiger partial charge in [0.2, 0.25) is 11.9 Å². The van der Waals surface area contributed by atoms with Crippen molar-refractivity contribution in [1.82, 2.24) is 15.3 Å². The lowest BCUT2D eigenvalue weighted by atomic mass is 9.98. The number of aryl methyl sites for hydroxylation is 1. The van der Waals surface area contributed by atoms with E-state index in [1.165, 1.54) is 0 Å². The van der Waals surface area contributed by atoms with Crippen molar-refractivity contribution in [2.75, 3.05) is 23.8 Å². The van der Waals surface area contributed by atoms with E-state index in [4.69, 9.17) is 0 Å². The van der Waals surface area contributed by atoms with Gasteiger partial charge in [-0.3, -0.25) is 14.9 Å². The summed E-state index contributed by atoms with van der Waals surface area (Å²) in [5.41, 5.74) is -0.0664. The van der Waals surface area contributed by atoms with Gasteiger partial charge in [0.05, 0.1) is 6.54 Å². The average Bonchev–Trinajstić information content (AvgIpc) is 2.33. The summed E-state index contributed by atoms with van der Waals surface area (Å²) in [6.07, 6.45) is 0. The van der Waals surface area contributed by atoms with Gasteiger partial charge in [-0.15, -0.1) is 0 Å². The number of nitrogens with zero attached hydrogens (tertiary/aromatic N) is 3. The van der Waals surface area contributed by atoms with Crippen LogP contribution in [0.25, 0.3) is 0 Å². The van der Waals surface area contributed by atoms with Gasteiger partial charge in [0.1, 0.15) is 11.4 Å². The third kappa shape index (κ3) is 2.35. The van der Waals surface area contributed by atoms with Crippen LogP contribution in [0.2, 0.25) is 0 Å². The van der Waals surface area contributed by atoms with Gasteiger partial charge in [-0.05, 0) is 20.8 Å². The minimum atomic E-state index is -0.834. The van der Waals surface area contributed by atoms with Crippen LogP contribution in [0.3, 0.4) is 0 Å². The fourth-order valence-corrected chi connectivity index (χ4v) is 1.95. The van der Waals surface area contributed by atoms with E-state index < -0.39 is 5.54 Å². The minimum Gasteiger partial charge on any atom is -0.357 e. The first-order chi connectivity index (χ1) is 8.84. The Balaban J connectivity index is 2.46. The van der Waals surface area contributed by atoms with Gasteiger partial charge < -0.3 is 10.2 Å². The van der Waals surface area contributed by atoms with Crippen molar-refractivity contribution < 1.29 is 9.59 Å². The fourth-order valence-electron chi connectivity index (χ4n) is 1.95. The van der Waals surface area contributed by atoms with Gasteiger partial charge in [-0.25, -0.2) is 4.98 Å². The van der Waals surface area contributed by atoms with Crippen molar-refractivity contribution in [3.63, 3.8) is 0 Å². The fraction of sp³-hybridized carbons (Fsp3) is 0.500. The molecule has 2 heterocycles. The number of hydrogen-bond acceptors (Lipinski definition) is 6. The van der Waals surface area contributed by atoms with Crippen LogP contribution in [0.15, 0.2) is 6.07 Å². The van der Waals surface area contributed by atoms with E-state index in [1.54, 1.807) is 31.9 Å². The van der Waals surface area contributed by atoms with Crippen LogP contribution in [-0.2, 0) is 9.59 Å². The Morgan fingerprint density at radius 1 is 1.37 bits per heavy atom. The molecule has 0 atom stereocenters. The molecule has 2 rings (SSSR count). The summed E-state index contributed by atoms with van der Waals surface area (Å²) in [4.78, 5) is 33.7. The van der Waals surface area contributed by atoms with E-state index >= 15 is 0 Å². The van der Waals surface area contributed by atoms with Crippen LogP contribution in [0.5, 0.6) is 0 Å². The van der Waals surface area contributed by atoms with Gasteiger partial charge in [0.25, 0.3) is 5.91 Å². The van der Waals surface area contributed by atoms with Crippen LogP contribution in [0, 0.1) is 6.92 Å². The lowest BCUT2D eigenvalue weighted by Crippen LogP contribution is -2.64. The number of piperazine rings is 1. The summed E-state index contributed by atoms with van der Waals surface area (Å²) < 4.78 is 0. The van der Waals surface area contributed by atoms with Gasteiger partial charge >= 0.3 is 0 Å². The Morgan fingerprint density at radius 2 is 2.05 bits per heavy atom. The molecule has 2 N–H and O–H groups in total. The number of carbonyl (C=O) groups is 2. The van der Waals surface area contributed by atoms with Crippen LogP contribution in [0.1, 0.15) is 19.5 Å². The molecule has 102 valence electrons. The Hall–Kier alpha value is -2.18. The van der Waals surface area contributed by atoms with E-state index in [9.17, 15) is 9.59 Å². The zero-order chi connectivity index (χ0) is 14.2. The number of amides is 2. The highest BCUT2D eigenvalue weighted by molar-refractivity contribution is 6.06. The predicted octanol–water partition coefficient (Wildman–Crippen LogP) is 0.0681. The van der Waals surface area contributed by atoms with E-state index in [1.807, 2.05) is 6.92 Å². The largest absolute Gasteiger partial charge is 0.357 e. The Morgan fingerprint density at radius 3 is 2.68 bits per heavy atom. The molecule has 0 radical (unpaired) electrons. The van der Waals surface area contributed by atoms with Crippen LogP contribution in [0.4, 0.5) is 11.8 Å². The molecule has 1 fully saturated rings. The van der Waals surface area contributed by atoms with Crippen molar-refractivity contribution in [2.45, 2.75) is 26.3 Å². The molecule has 0 aromatic carbocycles. The molecule has 0 spiro atoms. The highest BCUT2D eigenvalue weighted by atomic mass is 16.2. The first kappa shape index (κ1) is 13.3.